The van der Waals surface area contributed by atoms with Crippen molar-refractivity contribution in [1.29, 1.82) is 0 Å². The van der Waals surface area contributed by atoms with Gasteiger partial charge in [-0.2, -0.15) is 0 Å². The highest BCUT2D eigenvalue weighted by Gasteiger charge is 2.73. The second kappa shape index (κ2) is 3.60. The maximum absolute atomic E-state index is 12.4. The Morgan fingerprint density at radius 3 is 2.68 bits per heavy atom. The first-order chi connectivity index (χ1) is 8.79. The fourth-order valence-corrected chi connectivity index (χ4v) is 5.43. The minimum Gasteiger partial charge on any atom is -0.469 e. The summed E-state index contributed by atoms with van der Waals surface area (Å²) in [5, 5.41) is 10.9. The van der Waals surface area contributed by atoms with Crippen molar-refractivity contribution in [3.63, 3.8) is 0 Å². The van der Waals surface area contributed by atoms with Crippen LogP contribution < -0.4 is 0 Å². The Kier molecular flexibility index (Phi) is 2.48. The zero-order valence-electron chi connectivity index (χ0n) is 11.9. The molecule has 5 atom stereocenters. The van der Waals surface area contributed by atoms with Crippen molar-refractivity contribution in [2.45, 2.75) is 51.6 Å². The normalized spacial score (nSPS) is 52.1. The third-order valence-corrected chi connectivity index (χ3v) is 6.38. The first-order valence-electron chi connectivity index (χ1n) is 7.14. The molecular weight excluding hydrogens is 244 g/mol. The molecule has 3 rings (SSSR count). The average molecular weight is 266 g/mol. The Labute approximate surface area is 113 Å². The molecule has 3 saturated carbocycles. The van der Waals surface area contributed by atoms with Gasteiger partial charge >= 0.3 is 5.97 Å². The van der Waals surface area contributed by atoms with Crippen LogP contribution >= 0.6 is 0 Å². The van der Waals surface area contributed by atoms with Crippen molar-refractivity contribution in [3.8, 4) is 0 Å². The van der Waals surface area contributed by atoms with Crippen molar-refractivity contribution in [3.05, 3.63) is 0 Å². The SMILES string of the molecule is COC(=O)[C@]1(C)CC[C@H]2C[C@]3(O)CCC(=O)[C@]3(C)[C@H]21. The smallest absolute Gasteiger partial charge is 0.311 e. The predicted octanol–water partition coefficient (Wildman–Crippen LogP) is 1.70. The molecule has 4 nitrogen and oxygen atoms in total. The molecular formula is C15H22O4. The number of hydrogen-bond acceptors (Lipinski definition) is 4. The van der Waals surface area contributed by atoms with Crippen molar-refractivity contribution >= 4 is 11.8 Å². The third-order valence-electron chi connectivity index (χ3n) is 6.38. The van der Waals surface area contributed by atoms with Crippen LogP contribution in [0.3, 0.4) is 0 Å². The van der Waals surface area contributed by atoms with E-state index >= 15 is 0 Å². The Balaban J connectivity index is 2.09. The van der Waals surface area contributed by atoms with Gasteiger partial charge in [0.1, 0.15) is 5.78 Å². The van der Waals surface area contributed by atoms with Crippen LogP contribution in [0.2, 0.25) is 0 Å². The van der Waals surface area contributed by atoms with Crippen LogP contribution in [0.25, 0.3) is 0 Å². The number of ether oxygens (including phenoxy) is 1. The number of fused-ring (bicyclic) bond motifs is 3. The van der Waals surface area contributed by atoms with Gasteiger partial charge in [0.25, 0.3) is 0 Å². The summed E-state index contributed by atoms with van der Waals surface area (Å²) in [6, 6.07) is 0. The average Bonchev–Trinajstić information content (AvgIpc) is 2.89. The first-order valence-corrected chi connectivity index (χ1v) is 7.14. The Bertz CT molecular complexity index is 459. The van der Waals surface area contributed by atoms with Crippen molar-refractivity contribution < 1.29 is 19.4 Å². The van der Waals surface area contributed by atoms with Crippen LogP contribution in [0.1, 0.15) is 46.0 Å². The number of esters is 1. The Morgan fingerprint density at radius 1 is 1.37 bits per heavy atom. The molecule has 0 unspecified atom stereocenters. The van der Waals surface area contributed by atoms with Gasteiger partial charge in [-0.25, -0.2) is 0 Å². The molecule has 4 heteroatoms. The van der Waals surface area contributed by atoms with Gasteiger partial charge in [0.15, 0.2) is 0 Å². The Morgan fingerprint density at radius 2 is 2.05 bits per heavy atom. The molecule has 0 radical (unpaired) electrons. The largest absolute Gasteiger partial charge is 0.469 e. The number of carbonyl (C=O) groups is 2. The quantitative estimate of drug-likeness (QED) is 0.734. The fraction of sp³-hybridized carbons (Fsp3) is 0.867. The lowest BCUT2D eigenvalue weighted by atomic mass is 9.62. The van der Waals surface area contributed by atoms with Crippen molar-refractivity contribution in [2.75, 3.05) is 7.11 Å². The minimum absolute atomic E-state index is 0.0764. The summed E-state index contributed by atoms with van der Waals surface area (Å²) in [5.41, 5.74) is -2.30. The molecule has 0 aromatic heterocycles. The summed E-state index contributed by atoms with van der Waals surface area (Å²) < 4.78 is 4.98. The molecule has 1 N–H and O–H groups in total. The van der Waals surface area contributed by atoms with Gasteiger partial charge in [0, 0.05) is 6.42 Å². The van der Waals surface area contributed by atoms with E-state index in [0.29, 0.717) is 19.3 Å². The fourth-order valence-electron chi connectivity index (χ4n) is 5.43. The maximum Gasteiger partial charge on any atom is 0.311 e. The van der Waals surface area contributed by atoms with E-state index in [1.807, 2.05) is 13.8 Å². The Hall–Kier alpha value is -0.900. The summed E-state index contributed by atoms with van der Waals surface area (Å²) >= 11 is 0. The summed E-state index contributed by atoms with van der Waals surface area (Å²) in [4.78, 5) is 24.6. The van der Waals surface area contributed by atoms with Crippen molar-refractivity contribution in [2.24, 2.45) is 22.7 Å². The zero-order chi connectivity index (χ0) is 14.1. The van der Waals surface area contributed by atoms with E-state index in [1.165, 1.54) is 7.11 Å². The summed E-state index contributed by atoms with van der Waals surface area (Å²) in [7, 11) is 1.40. The molecule has 0 aromatic rings. The van der Waals surface area contributed by atoms with Crippen LogP contribution in [0.4, 0.5) is 0 Å². The van der Waals surface area contributed by atoms with Gasteiger partial charge in [-0.05, 0) is 51.4 Å². The van der Waals surface area contributed by atoms with Gasteiger partial charge < -0.3 is 9.84 Å². The highest BCUT2D eigenvalue weighted by molar-refractivity contribution is 5.91. The van der Waals surface area contributed by atoms with E-state index in [2.05, 4.69) is 0 Å². The summed E-state index contributed by atoms with van der Waals surface area (Å²) in [6.45, 7) is 3.78. The molecule has 0 amide bonds. The molecule has 3 aliphatic carbocycles. The number of Topliss-reactive ketones (excluding diaryl/α,β-unsaturated/α-hetero) is 1. The molecule has 19 heavy (non-hydrogen) atoms. The highest BCUT2D eigenvalue weighted by atomic mass is 16.5. The number of carbonyl (C=O) groups excluding carboxylic acids is 2. The molecule has 0 aromatic carbocycles. The monoisotopic (exact) mass is 266 g/mol. The number of ketones is 1. The zero-order valence-corrected chi connectivity index (χ0v) is 11.9. The molecule has 0 spiro atoms. The molecule has 0 bridgehead atoms. The number of rotatable bonds is 1. The van der Waals surface area contributed by atoms with E-state index in [9.17, 15) is 14.7 Å². The predicted molar refractivity (Wildman–Crippen MR) is 68.3 cm³/mol. The van der Waals surface area contributed by atoms with Gasteiger partial charge in [0.05, 0.1) is 23.5 Å². The van der Waals surface area contributed by atoms with Gasteiger partial charge in [-0.15, -0.1) is 0 Å². The van der Waals surface area contributed by atoms with Crippen LogP contribution in [0, 0.1) is 22.7 Å². The lowest BCUT2D eigenvalue weighted by Gasteiger charge is -2.41. The van der Waals surface area contributed by atoms with Crippen LogP contribution in [0.5, 0.6) is 0 Å². The van der Waals surface area contributed by atoms with Gasteiger partial charge in [-0.3, -0.25) is 9.59 Å². The van der Waals surface area contributed by atoms with E-state index < -0.39 is 16.4 Å². The lowest BCUT2D eigenvalue weighted by Crippen LogP contribution is -2.50. The van der Waals surface area contributed by atoms with Gasteiger partial charge in [-0.1, -0.05) is 0 Å². The number of hydrogen-bond donors (Lipinski definition) is 1. The van der Waals surface area contributed by atoms with Crippen molar-refractivity contribution in [1.82, 2.24) is 0 Å². The molecule has 0 heterocycles. The van der Waals surface area contributed by atoms with E-state index in [-0.39, 0.29) is 23.6 Å². The summed E-state index contributed by atoms with van der Waals surface area (Å²) in [6.07, 6.45) is 3.31. The second-order valence-electron chi connectivity index (χ2n) is 7.05. The standard InChI is InChI=1S/C15H22O4/c1-13(12(17)19-3)6-4-9-8-15(18)7-5-10(16)14(15,2)11(9)13/h9,11,18H,4-8H2,1-3H3/t9-,11+,13+,14+,15+/m0/s1. The van der Waals surface area contributed by atoms with Crippen LogP contribution in [-0.2, 0) is 14.3 Å². The van der Waals surface area contributed by atoms with E-state index in [0.717, 1.165) is 12.8 Å². The molecule has 106 valence electrons. The number of methoxy groups -OCH3 is 1. The van der Waals surface area contributed by atoms with Crippen LogP contribution in [0.15, 0.2) is 0 Å². The highest BCUT2D eigenvalue weighted by Crippen LogP contribution is 2.69. The minimum atomic E-state index is -0.908. The first kappa shape index (κ1) is 13.1. The van der Waals surface area contributed by atoms with E-state index in [1.54, 1.807) is 0 Å². The molecule has 0 aliphatic heterocycles. The lowest BCUT2D eigenvalue weighted by molar-refractivity contribution is -0.161. The molecule has 3 fully saturated rings. The van der Waals surface area contributed by atoms with Crippen LogP contribution in [-0.4, -0.2) is 29.6 Å². The third kappa shape index (κ3) is 1.28. The summed E-state index contributed by atoms with van der Waals surface area (Å²) in [5.74, 6) is 0.0838. The second-order valence-corrected chi connectivity index (χ2v) is 7.05. The molecule has 3 aliphatic rings. The van der Waals surface area contributed by atoms with Gasteiger partial charge in [0.2, 0.25) is 0 Å². The molecule has 0 saturated heterocycles. The number of aliphatic hydroxyl groups is 1. The van der Waals surface area contributed by atoms with E-state index in [4.69, 9.17) is 4.74 Å². The maximum atomic E-state index is 12.4. The topological polar surface area (TPSA) is 63.6 Å².